The van der Waals surface area contributed by atoms with Crippen LogP contribution in [0, 0.1) is 0 Å². The van der Waals surface area contributed by atoms with Crippen LogP contribution in [-0.4, -0.2) is 24.0 Å². The average molecular weight is 263 g/mol. The Morgan fingerprint density at radius 1 is 1.22 bits per heavy atom. The van der Waals surface area contributed by atoms with Gasteiger partial charge >= 0.3 is 0 Å². The molecule has 4 heteroatoms. The highest BCUT2D eigenvalue weighted by Crippen LogP contribution is 2.17. The summed E-state index contributed by atoms with van der Waals surface area (Å²) in [5.74, 6) is 0.270. The van der Waals surface area contributed by atoms with Crippen molar-refractivity contribution in [3.05, 3.63) is 29.8 Å². The van der Waals surface area contributed by atoms with Gasteiger partial charge in [-0.25, -0.2) is 0 Å². The highest BCUT2D eigenvalue weighted by molar-refractivity contribution is 7.98. The van der Waals surface area contributed by atoms with Crippen molar-refractivity contribution in [3.8, 4) is 0 Å². The van der Waals surface area contributed by atoms with Gasteiger partial charge in [0.2, 0.25) is 0 Å². The van der Waals surface area contributed by atoms with Crippen LogP contribution in [0.5, 0.6) is 0 Å². The van der Waals surface area contributed by atoms with Gasteiger partial charge in [-0.1, -0.05) is 0 Å². The van der Waals surface area contributed by atoms with Crippen LogP contribution in [0.25, 0.3) is 0 Å². The normalized spacial score (nSPS) is 16.6. The van der Waals surface area contributed by atoms with E-state index < -0.39 is 0 Å². The molecule has 1 aliphatic carbocycles. The zero-order valence-corrected chi connectivity index (χ0v) is 11.3. The van der Waals surface area contributed by atoms with E-state index in [1.165, 1.54) is 0 Å². The first-order valence-electron chi connectivity index (χ1n) is 6.15. The number of ketones is 1. The summed E-state index contributed by atoms with van der Waals surface area (Å²) in [6.07, 6.45) is 4.74. The molecule has 1 aromatic rings. The van der Waals surface area contributed by atoms with Crippen molar-refractivity contribution in [2.75, 3.05) is 6.26 Å². The van der Waals surface area contributed by atoms with Crippen molar-refractivity contribution in [3.63, 3.8) is 0 Å². The van der Waals surface area contributed by atoms with Crippen LogP contribution in [0.2, 0.25) is 0 Å². The van der Waals surface area contributed by atoms with Gasteiger partial charge in [-0.05, 0) is 43.4 Å². The summed E-state index contributed by atoms with van der Waals surface area (Å²) in [4.78, 5) is 24.3. The molecule has 0 aliphatic heterocycles. The second-order valence-corrected chi connectivity index (χ2v) is 5.39. The minimum absolute atomic E-state index is 0.0398. The van der Waals surface area contributed by atoms with Gasteiger partial charge in [-0.15, -0.1) is 11.8 Å². The molecule has 0 spiro atoms. The number of Topliss-reactive ketones (excluding diaryl/α,β-unsaturated/α-hetero) is 1. The molecule has 1 saturated carbocycles. The maximum Gasteiger partial charge on any atom is 0.251 e. The summed E-state index contributed by atoms with van der Waals surface area (Å²) < 4.78 is 0. The molecular weight excluding hydrogens is 246 g/mol. The molecule has 0 heterocycles. The summed E-state index contributed by atoms with van der Waals surface area (Å²) in [7, 11) is 0. The van der Waals surface area contributed by atoms with Gasteiger partial charge in [0.05, 0.1) is 0 Å². The van der Waals surface area contributed by atoms with E-state index in [1.54, 1.807) is 11.8 Å². The molecule has 96 valence electrons. The first kappa shape index (κ1) is 13.1. The number of carbonyl (C=O) groups is 2. The monoisotopic (exact) mass is 263 g/mol. The third-order valence-corrected chi connectivity index (χ3v) is 3.97. The number of hydrogen-bond donors (Lipinski definition) is 1. The number of rotatable bonds is 3. The molecule has 18 heavy (non-hydrogen) atoms. The minimum atomic E-state index is -0.0398. The highest BCUT2D eigenvalue weighted by atomic mass is 32.2. The molecule has 1 amide bonds. The summed E-state index contributed by atoms with van der Waals surface area (Å²) in [6, 6.07) is 7.73. The van der Waals surface area contributed by atoms with Crippen molar-refractivity contribution in [2.24, 2.45) is 0 Å². The molecule has 2 rings (SSSR count). The van der Waals surface area contributed by atoms with Gasteiger partial charge in [0.25, 0.3) is 5.91 Å². The lowest BCUT2D eigenvalue weighted by atomic mass is 9.94. The Balaban J connectivity index is 1.92. The zero-order chi connectivity index (χ0) is 13.0. The van der Waals surface area contributed by atoms with Crippen LogP contribution >= 0.6 is 11.8 Å². The lowest BCUT2D eigenvalue weighted by Crippen LogP contribution is -2.37. The molecule has 1 aromatic carbocycles. The van der Waals surface area contributed by atoms with Gasteiger partial charge in [-0.2, -0.15) is 0 Å². The first-order valence-corrected chi connectivity index (χ1v) is 7.38. The van der Waals surface area contributed by atoms with Gasteiger partial charge in [0, 0.05) is 29.3 Å². The van der Waals surface area contributed by atoms with E-state index in [9.17, 15) is 9.59 Å². The minimum Gasteiger partial charge on any atom is -0.349 e. The van der Waals surface area contributed by atoms with E-state index in [0.717, 1.165) is 17.7 Å². The molecule has 1 aliphatic rings. The zero-order valence-electron chi connectivity index (χ0n) is 10.4. The Bertz CT molecular complexity index is 432. The van der Waals surface area contributed by atoms with Gasteiger partial charge in [0.1, 0.15) is 5.78 Å². The van der Waals surface area contributed by atoms with Crippen molar-refractivity contribution >= 4 is 23.5 Å². The summed E-state index contributed by atoms with van der Waals surface area (Å²) in [5, 5.41) is 3.00. The van der Waals surface area contributed by atoms with Crippen LogP contribution < -0.4 is 5.32 Å². The van der Waals surface area contributed by atoms with E-state index in [0.29, 0.717) is 24.2 Å². The molecule has 0 bridgehead atoms. The van der Waals surface area contributed by atoms with Crippen molar-refractivity contribution in [1.82, 2.24) is 5.32 Å². The van der Waals surface area contributed by atoms with Crippen LogP contribution in [0.3, 0.4) is 0 Å². The predicted molar refractivity (Wildman–Crippen MR) is 73.0 cm³/mol. The van der Waals surface area contributed by atoms with E-state index in [4.69, 9.17) is 0 Å². The molecule has 0 aromatic heterocycles. The lowest BCUT2D eigenvalue weighted by molar-refractivity contribution is -0.120. The quantitative estimate of drug-likeness (QED) is 0.853. The SMILES string of the molecule is CSc1ccc(C(=O)NC2CCC(=O)CC2)cc1. The van der Waals surface area contributed by atoms with E-state index in [-0.39, 0.29) is 11.9 Å². The third-order valence-electron chi connectivity index (χ3n) is 3.23. The molecule has 0 unspecified atom stereocenters. The number of thioether (sulfide) groups is 1. The van der Waals surface area contributed by atoms with E-state index >= 15 is 0 Å². The number of nitrogens with one attached hydrogen (secondary N) is 1. The van der Waals surface area contributed by atoms with Gasteiger partial charge < -0.3 is 5.32 Å². The lowest BCUT2D eigenvalue weighted by Gasteiger charge is -2.22. The number of hydrogen-bond acceptors (Lipinski definition) is 3. The maximum atomic E-state index is 12.0. The average Bonchev–Trinajstić information content (AvgIpc) is 2.41. The molecular formula is C14H17NO2S. The Hall–Kier alpha value is -1.29. The van der Waals surface area contributed by atoms with Crippen molar-refractivity contribution in [1.29, 1.82) is 0 Å². The molecule has 0 atom stereocenters. The fraction of sp³-hybridized carbons (Fsp3) is 0.429. The van der Waals surface area contributed by atoms with Crippen LogP contribution in [-0.2, 0) is 4.79 Å². The molecule has 0 radical (unpaired) electrons. The first-order chi connectivity index (χ1) is 8.69. The fourth-order valence-corrected chi connectivity index (χ4v) is 2.50. The van der Waals surface area contributed by atoms with E-state index in [1.807, 2.05) is 30.5 Å². The summed E-state index contributed by atoms with van der Waals surface area (Å²) in [6.45, 7) is 0. The standard InChI is InChI=1S/C14H17NO2S/c1-18-13-8-2-10(3-9-13)14(17)15-11-4-6-12(16)7-5-11/h2-3,8-9,11H,4-7H2,1H3,(H,15,17). The highest BCUT2D eigenvalue weighted by Gasteiger charge is 2.20. The molecule has 1 fully saturated rings. The fourth-order valence-electron chi connectivity index (χ4n) is 2.10. The largest absolute Gasteiger partial charge is 0.349 e. The second-order valence-electron chi connectivity index (χ2n) is 4.51. The number of amides is 1. The Labute approximate surface area is 111 Å². The summed E-state index contributed by atoms with van der Waals surface area (Å²) in [5.41, 5.74) is 0.685. The molecule has 1 N–H and O–H groups in total. The molecule has 3 nitrogen and oxygen atoms in total. The molecule has 0 saturated heterocycles. The Morgan fingerprint density at radius 2 is 1.83 bits per heavy atom. The number of carbonyl (C=O) groups excluding carboxylic acids is 2. The van der Waals surface area contributed by atoms with Crippen LogP contribution in [0.4, 0.5) is 0 Å². The predicted octanol–water partition coefficient (Wildman–Crippen LogP) is 2.65. The number of benzene rings is 1. The Morgan fingerprint density at radius 3 is 2.39 bits per heavy atom. The maximum absolute atomic E-state index is 12.0. The van der Waals surface area contributed by atoms with Gasteiger partial charge in [0.15, 0.2) is 0 Å². The third kappa shape index (κ3) is 3.35. The second kappa shape index (κ2) is 6.05. The van der Waals surface area contributed by atoms with E-state index in [2.05, 4.69) is 5.32 Å². The topological polar surface area (TPSA) is 46.2 Å². The summed E-state index contributed by atoms with van der Waals surface area (Å²) >= 11 is 1.66. The van der Waals surface area contributed by atoms with Crippen LogP contribution in [0.15, 0.2) is 29.2 Å². The Kier molecular flexibility index (Phi) is 4.42. The van der Waals surface area contributed by atoms with Crippen molar-refractivity contribution in [2.45, 2.75) is 36.6 Å². The van der Waals surface area contributed by atoms with Gasteiger partial charge in [-0.3, -0.25) is 9.59 Å². The van der Waals surface area contributed by atoms with Crippen LogP contribution in [0.1, 0.15) is 36.0 Å². The van der Waals surface area contributed by atoms with Crippen molar-refractivity contribution < 1.29 is 9.59 Å². The smallest absolute Gasteiger partial charge is 0.251 e.